The summed E-state index contributed by atoms with van der Waals surface area (Å²) >= 11 is 0. The molecule has 0 aliphatic heterocycles. The number of ether oxygens (including phenoxy) is 1. The van der Waals surface area contributed by atoms with E-state index in [4.69, 9.17) is 4.74 Å². The van der Waals surface area contributed by atoms with E-state index in [1.807, 2.05) is 48.9 Å². The van der Waals surface area contributed by atoms with Crippen molar-refractivity contribution in [3.8, 4) is 5.75 Å². The Hall–Kier alpha value is -1.83. The highest BCUT2D eigenvalue weighted by Gasteiger charge is 2.23. The molecule has 2 rings (SSSR count). The van der Waals surface area contributed by atoms with Crippen molar-refractivity contribution in [2.75, 3.05) is 27.7 Å². The van der Waals surface area contributed by atoms with E-state index >= 15 is 0 Å². The fourth-order valence-corrected chi connectivity index (χ4v) is 3.69. The van der Waals surface area contributed by atoms with Crippen LogP contribution in [0.1, 0.15) is 11.7 Å². The van der Waals surface area contributed by atoms with Crippen LogP contribution in [0, 0.1) is 0 Å². The van der Waals surface area contributed by atoms with Crippen LogP contribution in [-0.4, -0.2) is 45.6 Å². The Morgan fingerprint density at radius 3 is 2.48 bits per heavy atom. The first-order chi connectivity index (χ1) is 10.9. The fraction of sp³-hybridized carbons (Fsp3) is 0.375. The minimum Gasteiger partial charge on any atom is -0.495 e. The Labute approximate surface area is 137 Å². The number of para-hydroxylation sites is 1. The number of aromatic nitrogens is 1. The molecule has 0 unspecified atom stereocenters. The van der Waals surface area contributed by atoms with Gasteiger partial charge in [-0.05, 0) is 38.4 Å². The number of sulfonamides is 1. The van der Waals surface area contributed by atoms with Gasteiger partial charge >= 0.3 is 0 Å². The monoisotopic (exact) mass is 337 g/mol. The van der Waals surface area contributed by atoms with Crippen LogP contribution in [0.3, 0.4) is 0 Å². The third-order valence-corrected chi connectivity index (χ3v) is 5.24. The van der Waals surface area contributed by atoms with Crippen molar-refractivity contribution in [2.45, 2.75) is 10.9 Å². The molecule has 1 aromatic carbocycles. The second-order valence-electron chi connectivity index (χ2n) is 5.53. The number of nitrogens with one attached hydrogen (secondary N) is 1. The van der Waals surface area contributed by atoms with E-state index in [9.17, 15) is 8.42 Å². The second-order valence-corrected chi connectivity index (χ2v) is 7.26. The van der Waals surface area contributed by atoms with Crippen molar-refractivity contribution in [3.63, 3.8) is 0 Å². The summed E-state index contributed by atoms with van der Waals surface area (Å²) < 4.78 is 35.0. The normalized spacial score (nSPS) is 13.3. The SMILES string of the molecule is COc1ccccc1S(=O)(=O)NC[C@@H](c1cccn1C)N(C)C. The molecule has 7 heteroatoms. The van der Waals surface area contributed by atoms with E-state index < -0.39 is 10.0 Å². The average molecular weight is 337 g/mol. The van der Waals surface area contributed by atoms with Crippen LogP contribution >= 0.6 is 0 Å². The minimum absolute atomic E-state index is 0.0699. The van der Waals surface area contributed by atoms with Crippen LogP contribution in [0.2, 0.25) is 0 Å². The van der Waals surface area contributed by atoms with Crippen LogP contribution < -0.4 is 9.46 Å². The summed E-state index contributed by atoms with van der Waals surface area (Å²) in [4.78, 5) is 2.13. The van der Waals surface area contributed by atoms with Gasteiger partial charge in [-0.15, -0.1) is 0 Å². The summed E-state index contributed by atoms with van der Waals surface area (Å²) in [5.41, 5.74) is 1.04. The first-order valence-electron chi connectivity index (χ1n) is 7.27. The van der Waals surface area contributed by atoms with E-state index in [1.54, 1.807) is 18.2 Å². The maximum absolute atomic E-state index is 12.6. The highest BCUT2D eigenvalue weighted by atomic mass is 32.2. The van der Waals surface area contributed by atoms with Gasteiger partial charge in [0, 0.05) is 25.5 Å². The molecule has 0 spiro atoms. The number of aryl methyl sites for hydroxylation is 1. The summed E-state index contributed by atoms with van der Waals surface area (Å²) in [6.45, 7) is 0.269. The quantitative estimate of drug-likeness (QED) is 0.834. The number of hydrogen-bond donors (Lipinski definition) is 1. The van der Waals surface area contributed by atoms with Gasteiger partial charge in [-0.3, -0.25) is 4.90 Å². The number of hydrogen-bond acceptors (Lipinski definition) is 4. The van der Waals surface area contributed by atoms with Gasteiger partial charge in [0.1, 0.15) is 10.6 Å². The predicted molar refractivity (Wildman–Crippen MR) is 90.0 cm³/mol. The van der Waals surface area contributed by atoms with Crippen LogP contribution in [0.4, 0.5) is 0 Å². The summed E-state index contributed by atoms with van der Waals surface area (Å²) in [5.74, 6) is 0.334. The van der Waals surface area contributed by atoms with Crippen LogP contribution in [0.5, 0.6) is 5.75 Å². The van der Waals surface area contributed by atoms with Crippen molar-refractivity contribution >= 4 is 10.0 Å². The molecule has 0 saturated heterocycles. The lowest BCUT2D eigenvalue weighted by molar-refractivity contribution is 0.289. The summed E-state index contributed by atoms with van der Waals surface area (Å²) in [6.07, 6.45) is 1.94. The van der Waals surface area contributed by atoms with Crippen LogP contribution in [0.15, 0.2) is 47.5 Å². The van der Waals surface area contributed by atoms with E-state index in [2.05, 4.69) is 4.72 Å². The predicted octanol–water partition coefficient (Wildman–Crippen LogP) is 1.61. The minimum atomic E-state index is -3.65. The zero-order valence-electron chi connectivity index (χ0n) is 13.9. The molecule has 1 atom stereocenters. The molecule has 23 heavy (non-hydrogen) atoms. The topological polar surface area (TPSA) is 63.6 Å². The molecule has 0 fully saturated rings. The maximum Gasteiger partial charge on any atom is 0.244 e. The van der Waals surface area contributed by atoms with Gasteiger partial charge in [0.05, 0.1) is 13.2 Å². The Morgan fingerprint density at radius 1 is 1.22 bits per heavy atom. The summed E-state index contributed by atoms with van der Waals surface area (Å²) in [7, 11) is 3.61. The lowest BCUT2D eigenvalue weighted by Gasteiger charge is -2.25. The van der Waals surface area contributed by atoms with E-state index in [0.29, 0.717) is 5.75 Å². The van der Waals surface area contributed by atoms with Crippen molar-refractivity contribution in [1.29, 1.82) is 0 Å². The molecule has 0 radical (unpaired) electrons. The Balaban J connectivity index is 2.22. The van der Waals surface area contributed by atoms with Crippen molar-refractivity contribution in [2.24, 2.45) is 7.05 Å². The molecule has 0 aliphatic rings. The number of methoxy groups -OCH3 is 1. The highest BCUT2D eigenvalue weighted by molar-refractivity contribution is 7.89. The fourth-order valence-electron chi connectivity index (χ4n) is 2.48. The van der Waals surface area contributed by atoms with Gasteiger partial charge in [0.2, 0.25) is 10.0 Å². The largest absolute Gasteiger partial charge is 0.495 e. The molecule has 0 bridgehead atoms. The molecule has 0 saturated carbocycles. The smallest absolute Gasteiger partial charge is 0.244 e. The molecule has 1 N–H and O–H groups in total. The summed E-state index contributed by atoms with van der Waals surface area (Å²) in [5, 5.41) is 0. The van der Waals surface area contributed by atoms with Gasteiger partial charge in [-0.1, -0.05) is 12.1 Å². The van der Waals surface area contributed by atoms with Crippen molar-refractivity contribution in [1.82, 2.24) is 14.2 Å². The van der Waals surface area contributed by atoms with Gasteiger partial charge in [0.25, 0.3) is 0 Å². The second kappa shape index (κ2) is 7.16. The van der Waals surface area contributed by atoms with E-state index in [0.717, 1.165) is 5.69 Å². The molecular formula is C16H23N3O3S. The van der Waals surface area contributed by atoms with Crippen molar-refractivity contribution in [3.05, 3.63) is 48.3 Å². The molecule has 0 aliphatic carbocycles. The average Bonchev–Trinajstić information content (AvgIpc) is 2.93. The molecular weight excluding hydrogens is 314 g/mol. The van der Waals surface area contributed by atoms with Crippen molar-refractivity contribution < 1.29 is 13.2 Å². The number of likely N-dealkylation sites (N-methyl/N-ethyl adjacent to an activating group) is 1. The Kier molecular flexibility index (Phi) is 5.46. The Bertz CT molecular complexity index is 753. The first kappa shape index (κ1) is 17.5. The van der Waals surface area contributed by atoms with Crippen LogP contribution in [-0.2, 0) is 17.1 Å². The molecule has 1 aromatic heterocycles. The maximum atomic E-state index is 12.6. The van der Waals surface area contributed by atoms with Gasteiger partial charge in [-0.2, -0.15) is 0 Å². The zero-order valence-corrected chi connectivity index (χ0v) is 14.7. The van der Waals surface area contributed by atoms with E-state index in [1.165, 1.54) is 13.2 Å². The third-order valence-electron chi connectivity index (χ3n) is 3.77. The lowest BCUT2D eigenvalue weighted by Crippen LogP contribution is -2.35. The Morgan fingerprint density at radius 2 is 1.91 bits per heavy atom. The van der Waals surface area contributed by atoms with Gasteiger partial charge in [0.15, 0.2) is 0 Å². The number of rotatable bonds is 7. The zero-order chi connectivity index (χ0) is 17.0. The molecule has 2 aromatic rings. The standard InChI is InChI=1S/C16H23N3O3S/c1-18(2)14(13-8-7-11-19(13)3)12-17-23(20,21)16-10-6-5-9-15(16)22-4/h5-11,14,17H,12H2,1-4H3/t14-/m0/s1. The molecule has 6 nitrogen and oxygen atoms in total. The van der Waals surface area contributed by atoms with Gasteiger partial charge in [-0.25, -0.2) is 13.1 Å². The first-order valence-corrected chi connectivity index (χ1v) is 8.75. The summed E-state index contributed by atoms with van der Waals surface area (Å²) in [6, 6.07) is 10.5. The van der Waals surface area contributed by atoms with E-state index in [-0.39, 0.29) is 17.5 Å². The molecule has 126 valence electrons. The molecule has 1 heterocycles. The van der Waals surface area contributed by atoms with Gasteiger partial charge < -0.3 is 9.30 Å². The lowest BCUT2D eigenvalue weighted by atomic mass is 10.2. The van der Waals surface area contributed by atoms with Crippen LogP contribution in [0.25, 0.3) is 0 Å². The highest BCUT2D eigenvalue weighted by Crippen LogP contribution is 2.24. The number of benzene rings is 1. The molecule has 0 amide bonds. The third kappa shape index (κ3) is 3.93. The number of nitrogens with zero attached hydrogens (tertiary/aromatic N) is 2.